The maximum Gasteiger partial charge on any atom is 0.417 e. The van der Waals surface area contributed by atoms with Gasteiger partial charge in [0.1, 0.15) is 11.5 Å². The molecule has 5 nitrogen and oxygen atoms in total. The molecule has 0 aliphatic rings. The molecule has 4 rings (SSSR count). The van der Waals surface area contributed by atoms with Crippen LogP contribution in [-0.4, -0.2) is 32.0 Å². The number of aliphatic hydroxyl groups excluding tert-OH is 1. The summed E-state index contributed by atoms with van der Waals surface area (Å²) in [6, 6.07) is 14.4. The first-order valence-electron chi connectivity index (χ1n) is 10.2. The second-order valence-electron chi connectivity index (χ2n) is 7.46. The smallest absolute Gasteiger partial charge is 0.396 e. The zero-order valence-corrected chi connectivity index (χ0v) is 18.1. The number of ketones is 1. The van der Waals surface area contributed by atoms with Crippen LogP contribution in [0.5, 0.6) is 0 Å². The fourth-order valence-electron chi connectivity index (χ4n) is 3.64. The van der Waals surface area contributed by atoms with E-state index in [2.05, 4.69) is 9.97 Å². The average molecular weight is 474 g/mol. The second kappa shape index (κ2) is 9.33. The molecule has 0 saturated heterocycles. The van der Waals surface area contributed by atoms with Gasteiger partial charge in [-0.05, 0) is 48.4 Å². The molecular weight excluding hydrogens is 455 g/mol. The third-order valence-electron chi connectivity index (χ3n) is 5.24. The van der Waals surface area contributed by atoms with E-state index < -0.39 is 16.8 Å². The molecule has 0 spiro atoms. The third kappa shape index (κ3) is 4.91. The summed E-state index contributed by atoms with van der Waals surface area (Å²) in [6.07, 6.45) is -2.32. The van der Waals surface area contributed by atoms with E-state index in [1.165, 1.54) is 12.3 Å². The summed E-state index contributed by atoms with van der Waals surface area (Å²) >= 11 is 5.98. The van der Waals surface area contributed by atoms with Crippen LogP contribution < -0.4 is 0 Å². The van der Waals surface area contributed by atoms with E-state index in [0.29, 0.717) is 29.1 Å². The highest BCUT2D eigenvalue weighted by Gasteiger charge is 2.34. The predicted molar refractivity (Wildman–Crippen MR) is 119 cm³/mol. The van der Waals surface area contributed by atoms with Gasteiger partial charge in [-0.1, -0.05) is 29.8 Å². The molecule has 2 heterocycles. The molecular formula is C24H19ClF3N3O2. The van der Waals surface area contributed by atoms with Crippen molar-refractivity contribution in [2.45, 2.75) is 25.4 Å². The minimum atomic E-state index is -4.61. The minimum Gasteiger partial charge on any atom is -0.396 e. The molecule has 0 radical (unpaired) electrons. The van der Waals surface area contributed by atoms with Crippen molar-refractivity contribution in [3.05, 3.63) is 88.5 Å². The number of halogens is 4. The van der Waals surface area contributed by atoms with Crippen LogP contribution in [0.2, 0.25) is 5.02 Å². The van der Waals surface area contributed by atoms with Gasteiger partial charge in [0.05, 0.1) is 21.6 Å². The topological polar surface area (TPSA) is 68.0 Å². The lowest BCUT2D eigenvalue weighted by Crippen LogP contribution is -2.08. The first-order chi connectivity index (χ1) is 15.8. The number of fused-ring (bicyclic) bond motifs is 1. The number of alkyl halides is 3. The van der Waals surface area contributed by atoms with E-state index in [-0.39, 0.29) is 30.7 Å². The van der Waals surface area contributed by atoms with Crippen LogP contribution in [0.3, 0.4) is 0 Å². The van der Waals surface area contributed by atoms with Gasteiger partial charge in [0, 0.05) is 31.3 Å². The Hall–Kier alpha value is -3.23. The lowest BCUT2D eigenvalue weighted by molar-refractivity contribution is -0.137. The monoisotopic (exact) mass is 473 g/mol. The molecule has 0 amide bonds. The lowest BCUT2D eigenvalue weighted by Gasteiger charge is -2.12. The van der Waals surface area contributed by atoms with Gasteiger partial charge in [-0.25, -0.2) is 4.98 Å². The van der Waals surface area contributed by atoms with Gasteiger partial charge in [-0.3, -0.25) is 14.3 Å². The highest BCUT2D eigenvalue weighted by molar-refractivity contribution is 6.32. The number of hydrogen-bond acceptors (Lipinski definition) is 4. The summed E-state index contributed by atoms with van der Waals surface area (Å²) in [5.41, 5.74) is 1.46. The molecule has 1 N–H and O–H groups in total. The van der Waals surface area contributed by atoms with Crippen LogP contribution in [0.15, 0.2) is 60.8 Å². The molecule has 2 aromatic carbocycles. The number of imidazole rings is 1. The number of Topliss-reactive ketones (excluding diaryl/α,β-unsaturated/α-hetero) is 1. The van der Waals surface area contributed by atoms with Crippen molar-refractivity contribution in [2.24, 2.45) is 0 Å². The minimum absolute atomic E-state index is 0.00403. The van der Waals surface area contributed by atoms with E-state index in [1.807, 2.05) is 12.1 Å². The van der Waals surface area contributed by atoms with Gasteiger partial charge in [0.15, 0.2) is 5.78 Å². The highest BCUT2D eigenvalue weighted by Crippen LogP contribution is 2.38. The SMILES string of the molecule is O=C(CCc1nc2cc(C(F)(F)F)c(Cl)cc2n1-c1ccc(CCO)cc1)c1ccccn1. The van der Waals surface area contributed by atoms with Crippen molar-refractivity contribution in [3.8, 4) is 5.69 Å². The van der Waals surface area contributed by atoms with Crippen molar-refractivity contribution in [2.75, 3.05) is 6.61 Å². The molecule has 0 fully saturated rings. The number of carbonyl (C=O) groups excluding carboxylic acids is 1. The maximum atomic E-state index is 13.4. The van der Waals surface area contributed by atoms with E-state index in [4.69, 9.17) is 16.7 Å². The number of aromatic nitrogens is 3. The summed E-state index contributed by atoms with van der Waals surface area (Å²) < 4.78 is 41.8. The molecule has 9 heteroatoms. The Morgan fingerprint density at radius 3 is 2.45 bits per heavy atom. The number of aliphatic hydroxyl groups is 1. The Labute approximate surface area is 192 Å². The maximum absolute atomic E-state index is 13.4. The predicted octanol–water partition coefficient (Wildman–Crippen LogP) is 5.44. The summed E-state index contributed by atoms with van der Waals surface area (Å²) in [7, 11) is 0. The second-order valence-corrected chi connectivity index (χ2v) is 7.87. The number of hydrogen-bond donors (Lipinski definition) is 1. The summed E-state index contributed by atoms with van der Waals surface area (Å²) in [5, 5.41) is 8.71. The highest BCUT2D eigenvalue weighted by atomic mass is 35.5. The van der Waals surface area contributed by atoms with Crippen LogP contribution in [0.25, 0.3) is 16.7 Å². The quantitative estimate of drug-likeness (QED) is 0.363. The molecule has 0 aliphatic carbocycles. The van der Waals surface area contributed by atoms with Gasteiger partial charge in [0.2, 0.25) is 0 Å². The molecule has 4 aromatic rings. The summed E-state index contributed by atoms with van der Waals surface area (Å²) in [4.78, 5) is 21.0. The Morgan fingerprint density at radius 1 is 1.06 bits per heavy atom. The van der Waals surface area contributed by atoms with Gasteiger partial charge in [-0.2, -0.15) is 13.2 Å². The van der Waals surface area contributed by atoms with Crippen molar-refractivity contribution < 1.29 is 23.1 Å². The summed E-state index contributed by atoms with van der Waals surface area (Å²) in [5.74, 6) is 0.237. The molecule has 33 heavy (non-hydrogen) atoms. The van der Waals surface area contributed by atoms with Crippen LogP contribution in [0.4, 0.5) is 13.2 Å². The van der Waals surface area contributed by atoms with Crippen LogP contribution in [0.1, 0.15) is 33.9 Å². The van der Waals surface area contributed by atoms with Crippen LogP contribution in [0, 0.1) is 0 Å². The fraction of sp³-hybridized carbons (Fsp3) is 0.208. The van der Waals surface area contributed by atoms with E-state index in [1.54, 1.807) is 34.9 Å². The number of nitrogens with zero attached hydrogens (tertiary/aromatic N) is 3. The van der Waals surface area contributed by atoms with Gasteiger partial charge in [-0.15, -0.1) is 0 Å². The fourth-order valence-corrected chi connectivity index (χ4v) is 3.91. The number of rotatable bonds is 7. The van der Waals surface area contributed by atoms with E-state index >= 15 is 0 Å². The Balaban J connectivity index is 1.78. The summed E-state index contributed by atoms with van der Waals surface area (Å²) in [6.45, 7) is 0.00403. The first-order valence-corrected chi connectivity index (χ1v) is 10.6. The molecule has 0 aliphatic heterocycles. The number of benzene rings is 2. The van der Waals surface area contributed by atoms with Crippen molar-refractivity contribution in [1.82, 2.24) is 14.5 Å². The molecule has 0 saturated carbocycles. The Bertz CT molecular complexity index is 1290. The van der Waals surface area contributed by atoms with E-state index in [0.717, 1.165) is 11.6 Å². The largest absolute Gasteiger partial charge is 0.417 e. The van der Waals surface area contributed by atoms with Gasteiger partial charge >= 0.3 is 6.18 Å². The zero-order chi connectivity index (χ0) is 23.6. The first kappa shape index (κ1) is 22.9. The van der Waals surface area contributed by atoms with E-state index in [9.17, 15) is 18.0 Å². The van der Waals surface area contributed by atoms with Crippen LogP contribution in [-0.2, 0) is 19.0 Å². The molecule has 0 bridgehead atoms. The normalized spacial score (nSPS) is 11.8. The lowest BCUT2D eigenvalue weighted by atomic mass is 10.1. The molecule has 170 valence electrons. The molecule has 0 atom stereocenters. The average Bonchev–Trinajstić information content (AvgIpc) is 3.15. The van der Waals surface area contributed by atoms with Gasteiger partial charge in [0.25, 0.3) is 0 Å². The van der Waals surface area contributed by atoms with Gasteiger partial charge < -0.3 is 5.11 Å². The van der Waals surface area contributed by atoms with Crippen LogP contribution >= 0.6 is 11.6 Å². The zero-order valence-electron chi connectivity index (χ0n) is 17.3. The standard InChI is InChI=1S/C24H19ClF3N3O2/c25-18-14-21-20(13-17(18)24(26,27)28)30-23(9-8-22(33)19-3-1-2-11-29-19)31(21)16-6-4-15(5-7-16)10-12-32/h1-7,11,13-14,32H,8-10,12H2. The Kier molecular flexibility index (Phi) is 6.49. The number of pyridine rings is 1. The molecule has 2 aromatic heterocycles. The van der Waals surface area contributed by atoms with Crippen molar-refractivity contribution >= 4 is 28.4 Å². The Morgan fingerprint density at radius 2 is 1.82 bits per heavy atom. The number of aryl methyl sites for hydroxylation is 1. The van der Waals surface area contributed by atoms with Crippen molar-refractivity contribution in [1.29, 1.82) is 0 Å². The van der Waals surface area contributed by atoms with Crippen molar-refractivity contribution in [3.63, 3.8) is 0 Å². The third-order valence-corrected chi connectivity index (χ3v) is 5.55. The molecule has 0 unspecified atom stereocenters. The number of carbonyl (C=O) groups is 1.